The van der Waals surface area contributed by atoms with Crippen LogP contribution in [0.2, 0.25) is 0 Å². The van der Waals surface area contributed by atoms with Crippen LogP contribution in [0, 0.1) is 6.92 Å². The number of fused-ring (bicyclic) bond motifs is 1. The van der Waals surface area contributed by atoms with Gasteiger partial charge >= 0.3 is 0 Å². The summed E-state index contributed by atoms with van der Waals surface area (Å²) in [4.78, 5) is 18.1. The van der Waals surface area contributed by atoms with Crippen LogP contribution in [0.15, 0.2) is 71.7 Å². The van der Waals surface area contributed by atoms with Gasteiger partial charge in [-0.05, 0) is 85.8 Å². The molecule has 1 saturated heterocycles. The first-order valence-corrected chi connectivity index (χ1v) is 11.8. The third-order valence-electron chi connectivity index (χ3n) is 7.02. The molecule has 1 unspecified atom stereocenters. The number of carbonyl (C=O) groups excluding carboxylic acids is 1. The molecule has 1 aliphatic heterocycles. The quantitative estimate of drug-likeness (QED) is 0.414. The van der Waals surface area contributed by atoms with Crippen molar-refractivity contribution in [3.05, 3.63) is 83.9 Å². The van der Waals surface area contributed by atoms with E-state index in [2.05, 4.69) is 33.8 Å². The Balaban J connectivity index is 1.31. The minimum absolute atomic E-state index is 0.0760. The summed E-state index contributed by atoms with van der Waals surface area (Å²) < 4.78 is 11.2. The molecule has 1 amide bonds. The Kier molecular flexibility index (Phi) is 5.11. The van der Waals surface area contributed by atoms with Crippen LogP contribution >= 0.6 is 0 Å². The van der Waals surface area contributed by atoms with Crippen LogP contribution in [0.3, 0.4) is 0 Å². The Hall–Kier alpha value is -3.64. The van der Waals surface area contributed by atoms with Crippen LogP contribution in [0.25, 0.3) is 22.0 Å². The van der Waals surface area contributed by atoms with E-state index in [4.69, 9.17) is 9.15 Å². The van der Waals surface area contributed by atoms with Crippen molar-refractivity contribution in [2.75, 3.05) is 13.2 Å². The van der Waals surface area contributed by atoms with Crippen molar-refractivity contribution in [2.24, 2.45) is 0 Å². The molecule has 0 bridgehead atoms. The largest absolute Gasteiger partial charge is 0.492 e. The minimum atomic E-state index is -0.405. The highest BCUT2D eigenvalue weighted by Crippen LogP contribution is 2.49. The van der Waals surface area contributed by atoms with E-state index >= 15 is 0 Å². The van der Waals surface area contributed by atoms with Gasteiger partial charge in [0.1, 0.15) is 12.4 Å². The number of nitrogens with zero attached hydrogens (tertiary/aromatic N) is 1. The van der Waals surface area contributed by atoms with Gasteiger partial charge in [-0.1, -0.05) is 12.1 Å². The number of pyridine rings is 1. The Morgan fingerprint density at radius 3 is 2.82 bits per heavy atom. The SMILES string of the molecule is Cc1ccc(OCC2CCN2)cc1C(=O)NC1(c2cc(-c3ccoc3)cc3ncccc23)CC1. The summed E-state index contributed by atoms with van der Waals surface area (Å²) in [5.74, 6) is 0.652. The fraction of sp³-hybridized carbons (Fsp3) is 0.286. The molecule has 6 rings (SSSR count). The summed E-state index contributed by atoms with van der Waals surface area (Å²) in [6, 6.07) is 16.4. The van der Waals surface area contributed by atoms with Crippen molar-refractivity contribution in [1.29, 1.82) is 0 Å². The lowest BCUT2D eigenvalue weighted by molar-refractivity contribution is 0.0930. The zero-order valence-corrected chi connectivity index (χ0v) is 19.1. The molecule has 1 aliphatic carbocycles. The number of hydrogen-bond donors (Lipinski definition) is 2. The Bertz CT molecular complexity index is 1350. The second-order valence-electron chi connectivity index (χ2n) is 9.37. The Morgan fingerprint density at radius 1 is 1.21 bits per heavy atom. The highest BCUT2D eigenvalue weighted by Gasteiger charge is 2.47. The normalized spacial score (nSPS) is 18.3. The molecular formula is C28H27N3O3. The zero-order chi connectivity index (χ0) is 23.1. The number of aryl methyl sites for hydroxylation is 1. The van der Waals surface area contributed by atoms with Crippen molar-refractivity contribution in [3.8, 4) is 16.9 Å². The van der Waals surface area contributed by atoms with Gasteiger partial charge in [-0.15, -0.1) is 0 Å². The molecule has 2 aliphatic rings. The number of ether oxygens (including phenoxy) is 1. The molecule has 2 aromatic heterocycles. The maximum absolute atomic E-state index is 13.5. The van der Waals surface area contributed by atoms with E-state index in [0.717, 1.165) is 64.7 Å². The number of amides is 1. The van der Waals surface area contributed by atoms with Gasteiger partial charge in [-0.2, -0.15) is 0 Å². The van der Waals surface area contributed by atoms with E-state index in [0.29, 0.717) is 18.2 Å². The van der Waals surface area contributed by atoms with Gasteiger partial charge < -0.3 is 19.8 Å². The third-order valence-corrected chi connectivity index (χ3v) is 7.02. The maximum Gasteiger partial charge on any atom is 0.252 e. The molecule has 0 spiro atoms. The first-order chi connectivity index (χ1) is 16.6. The second-order valence-corrected chi connectivity index (χ2v) is 9.37. The van der Waals surface area contributed by atoms with Crippen LogP contribution in [0.1, 0.15) is 40.7 Å². The van der Waals surface area contributed by atoms with E-state index in [-0.39, 0.29) is 5.91 Å². The lowest BCUT2D eigenvalue weighted by Gasteiger charge is -2.27. The summed E-state index contributed by atoms with van der Waals surface area (Å²) in [6.07, 6.45) is 8.12. The average Bonchev–Trinajstić information content (AvgIpc) is 3.37. The first kappa shape index (κ1) is 20.9. The van der Waals surface area contributed by atoms with Crippen LogP contribution < -0.4 is 15.4 Å². The summed E-state index contributed by atoms with van der Waals surface area (Å²) >= 11 is 0. The zero-order valence-electron chi connectivity index (χ0n) is 19.1. The standard InChI is InChI=1S/C28H27N3O3/c1-18-4-5-22(34-17-21-6-11-29-21)15-24(18)27(32)31-28(8-9-28)25-13-20(19-7-12-33-16-19)14-26-23(25)3-2-10-30-26/h2-5,7,10,12-16,21,29H,6,8-9,11,17H2,1H3,(H,31,32). The average molecular weight is 454 g/mol. The number of furan rings is 1. The minimum Gasteiger partial charge on any atom is -0.492 e. The van der Waals surface area contributed by atoms with Gasteiger partial charge in [0.15, 0.2) is 0 Å². The van der Waals surface area contributed by atoms with Crippen molar-refractivity contribution in [2.45, 2.75) is 37.8 Å². The van der Waals surface area contributed by atoms with Crippen LogP contribution in [0.5, 0.6) is 5.75 Å². The topological polar surface area (TPSA) is 76.4 Å². The molecular weight excluding hydrogens is 426 g/mol. The number of rotatable bonds is 7. The molecule has 0 radical (unpaired) electrons. The van der Waals surface area contributed by atoms with Gasteiger partial charge in [-0.3, -0.25) is 9.78 Å². The molecule has 6 heteroatoms. The maximum atomic E-state index is 13.5. The van der Waals surface area contributed by atoms with Crippen LogP contribution in [-0.2, 0) is 5.54 Å². The smallest absolute Gasteiger partial charge is 0.252 e. The van der Waals surface area contributed by atoms with Gasteiger partial charge in [0, 0.05) is 28.8 Å². The molecule has 1 atom stereocenters. The molecule has 34 heavy (non-hydrogen) atoms. The fourth-order valence-corrected chi connectivity index (χ4v) is 4.67. The summed E-state index contributed by atoms with van der Waals surface area (Å²) in [7, 11) is 0. The Labute approximate surface area is 198 Å². The van der Waals surface area contributed by atoms with Crippen LogP contribution in [0.4, 0.5) is 0 Å². The first-order valence-electron chi connectivity index (χ1n) is 11.8. The molecule has 4 aromatic rings. The van der Waals surface area contributed by atoms with Crippen molar-refractivity contribution >= 4 is 16.8 Å². The van der Waals surface area contributed by atoms with E-state index in [1.807, 2.05) is 37.3 Å². The van der Waals surface area contributed by atoms with Gasteiger partial charge in [0.2, 0.25) is 0 Å². The van der Waals surface area contributed by atoms with E-state index in [1.54, 1.807) is 18.7 Å². The number of carbonyl (C=O) groups is 1. The number of benzene rings is 2. The molecule has 1 saturated carbocycles. The highest BCUT2D eigenvalue weighted by atomic mass is 16.5. The van der Waals surface area contributed by atoms with Crippen molar-refractivity contribution in [1.82, 2.24) is 15.6 Å². The number of aromatic nitrogens is 1. The fourth-order valence-electron chi connectivity index (χ4n) is 4.67. The van der Waals surface area contributed by atoms with Gasteiger partial charge in [-0.25, -0.2) is 0 Å². The van der Waals surface area contributed by atoms with E-state index in [1.165, 1.54) is 0 Å². The Morgan fingerprint density at radius 2 is 2.09 bits per heavy atom. The summed E-state index contributed by atoms with van der Waals surface area (Å²) in [5, 5.41) is 7.76. The summed E-state index contributed by atoms with van der Waals surface area (Å²) in [5.41, 5.74) is 5.22. The number of hydrogen-bond acceptors (Lipinski definition) is 5. The van der Waals surface area contributed by atoms with Gasteiger partial charge in [0.05, 0.1) is 23.6 Å². The molecule has 172 valence electrons. The predicted molar refractivity (Wildman–Crippen MR) is 131 cm³/mol. The molecule has 2 aromatic carbocycles. The summed E-state index contributed by atoms with van der Waals surface area (Å²) in [6.45, 7) is 3.63. The van der Waals surface area contributed by atoms with Crippen molar-refractivity contribution < 1.29 is 13.9 Å². The van der Waals surface area contributed by atoms with Gasteiger partial charge in [0.25, 0.3) is 5.91 Å². The number of nitrogens with one attached hydrogen (secondary N) is 2. The lowest BCUT2D eigenvalue weighted by atomic mass is 9.94. The molecule has 3 heterocycles. The monoisotopic (exact) mass is 453 g/mol. The lowest BCUT2D eigenvalue weighted by Crippen LogP contribution is -2.46. The van der Waals surface area contributed by atoms with E-state index < -0.39 is 5.54 Å². The molecule has 6 nitrogen and oxygen atoms in total. The third kappa shape index (κ3) is 3.84. The van der Waals surface area contributed by atoms with Crippen LogP contribution in [-0.4, -0.2) is 30.1 Å². The van der Waals surface area contributed by atoms with Crippen molar-refractivity contribution in [3.63, 3.8) is 0 Å². The molecule has 2 fully saturated rings. The second kappa shape index (κ2) is 8.29. The highest BCUT2D eigenvalue weighted by molar-refractivity contribution is 5.98. The predicted octanol–water partition coefficient (Wildman–Crippen LogP) is 4.96. The van der Waals surface area contributed by atoms with E-state index in [9.17, 15) is 4.79 Å². The molecule has 2 N–H and O–H groups in total.